The van der Waals surface area contributed by atoms with Gasteiger partial charge in [0.15, 0.2) is 0 Å². The molecule has 5 rings (SSSR count). The number of piperidine rings is 1. The molecular formula is C24H25N3O3. The first-order chi connectivity index (χ1) is 14.6. The van der Waals surface area contributed by atoms with Gasteiger partial charge in [-0.1, -0.05) is 24.3 Å². The number of nitrogens with zero attached hydrogens (tertiary/aromatic N) is 2. The Bertz CT molecular complexity index is 1010. The minimum Gasteiger partial charge on any atom is -0.378 e. The number of fused-ring (bicyclic) bond motifs is 3. The Morgan fingerprint density at radius 3 is 2.57 bits per heavy atom. The normalized spacial score (nSPS) is 24.7. The van der Waals surface area contributed by atoms with Crippen LogP contribution >= 0.6 is 0 Å². The minimum atomic E-state index is -0.367. The van der Waals surface area contributed by atoms with Crippen LogP contribution in [0.25, 0.3) is 0 Å². The lowest BCUT2D eigenvalue weighted by atomic mass is 9.76. The molecule has 2 aromatic rings. The van der Waals surface area contributed by atoms with Gasteiger partial charge in [-0.15, -0.1) is 0 Å². The molecule has 2 aliphatic heterocycles. The number of non-ortho nitro benzene ring substituents is 1. The average molecular weight is 403 g/mol. The summed E-state index contributed by atoms with van der Waals surface area (Å²) in [6, 6.07) is 13.0. The molecule has 0 spiro atoms. The lowest BCUT2D eigenvalue weighted by Crippen LogP contribution is -2.36. The van der Waals surface area contributed by atoms with Crippen LogP contribution in [0.2, 0.25) is 0 Å². The van der Waals surface area contributed by atoms with Gasteiger partial charge >= 0.3 is 0 Å². The van der Waals surface area contributed by atoms with Crippen molar-refractivity contribution in [3.63, 3.8) is 0 Å². The van der Waals surface area contributed by atoms with E-state index in [0.29, 0.717) is 5.92 Å². The molecule has 0 saturated carbocycles. The van der Waals surface area contributed by atoms with Gasteiger partial charge in [-0.05, 0) is 60.9 Å². The van der Waals surface area contributed by atoms with E-state index in [1.807, 2.05) is 29.2 Å². The van der Waals surface area contributed by atoms with E-state index in [9.17, 15) is 14.9 Å². The third-order valence-corrected chi connectivity index (χ3v) is 6.72. The van der Waals surface area contributed by atoms with Crippen molar-refractivity contribution in [2.45, 2.75) is 37.6 Å². The fourth-order valence-corrected chi connectivity index (χ4v) is 5.14. The summed E-state index contributed by atoms with van der Waals surface area (Å²) in [5, 5.41) is 14.6. The molecule has 0 aromatic heterocycles. The Balaban J connectivity index is 1.44. The molecule has 2 heterocycles. The molecule has 30 heavy (non-hydrogen) atoms. The standard InChI is InChI=1S/C24H25N3O3/c28-24(26-13-2-1-3-14-26)17-9-12-22-21(15-17)19-5-4-6-20(19)23(25-22)16-7-10-18(11-8-16)27(29)30/h4-5,7-12,15,19-20,23,25H,1-3,6,13-14H2/t19-,20-,23+/m0/s1. The number of nitro groups is 1. The number of hydrogen-bond acceptors (Lipinski definition) is 4. The molecule has 0 unspecified atom stereocenters. The Morgan fingerprint density at radius 1 is 1.07 bits per heavy atom. The maximum absolute atomic E-state index is 13.0. The predicted octanol–water partition coefficient (Wildman–Crippen LogP) is 5.05. The van der Waals surface area contributed by atoms with E-state index in [4.69, 9.17) is 0 Å². The van der Waals surface area contributed by atoms with Gasteiger partial charge in [0.2, 0.25) is 0 Å². The largest absolute Gasteiger partial charge is 0.378 e. The summed E-state index contributed by atoms with van der Waals surface area (Å²) < 4.78 is 0. The van der Waals surface area contributed by atoms with Gasteiger partial charge < -0.3 is 10.2 Å². The molecule has 2 aromatic carbocycles. The molecule has 0 radical (unpaired) electrons. The van der Waals surface area contributed by atoms with Crippen molar-refractivity contribution in [2.75, 3.05) is 18.4 Å². The lowest BCUT2D eigenvalue weighted by Gasteiger charge is -2.38. The summed E-state index contributed by atoms with van der Waals surface area (Å²) in [5.74, 6) is 0.711. The Labute approximate surface area is 175 Å². The highest BCUT2D eigenvalue weighted by molar-refractivity contribution is 5.95. The quantitative estimate of drug-likeness (QED) is 0.442. The first kappa shape index (κ1) is 18.9. The molecule has 3 aliphatic rings. The summed E-state index contributed by atoms with van der Waals surface area (Å²) >= 11 is 0. The number of likely N-dealkylation sites (tertiary alicyclic amines) is 1. The third kappa shape index (κ3) is 3.26. The van der Waals surface area contributed by atoms with Crippen LogP contribution in [0.5, 0.6) is 0 Å². The van der Waals surface area contributed by atoms with Crippen molar-refractivity contribution >= 4 is 17.3 Å². The van der Waals surface area contributed by atoms with Gasteiger partial charge in [0.25, 0.3) is 11.6 Å². The van der Waals surface area contributed by atoms with Crippen LogP contribution in [-0.2, 0) is 0 Å². The number of anilines is 1. The van der Waals surface area contributed by atoms with Gasteiger partial charge in [0.1, 0.15) is 0 Å². The SMILES string of the molecule is O=C(c1ccc2c(c1)[C@H]1C=CC[C@@H]1[C@@H](c1ccc([N+](=O)[O-])cc1)N2)N1CCCCC1. The Morgan fingerprint density at radius 2 is 1.83 bits per heavy atom. The van der Waals surface area contributed by atoms with Crippen LogP contribution in [0.1, 0.15) is 59.1 Å². The predicted molar refractivity (Wildman–Crippen MR) is 116 cm³/mol. The number of hydrogen-bond donors (Lipinski definition) is 1. The zero-order chi connectivity index (χ0) is 20.7. The number of carbonyl (C=O) groups excluding carboxylic acids is 1. The molecule has 154 valence electrons. The van der Waals surface area contributed by atoms with E-state index in [0.717, 1.165) is 49.2 Å². The maximum atomic E-state index is 13.0. The molecule has 6 nitrogen and oxygen atoms in total. The third-order valence-electron chi connectivity index (χ3n) is 6.72. The first-order valence-electron chi connectivity index (χ1n) is 10.7. The summed E-state index contributed by atoms with van der Waals surface area (Å²) in [6.45, 7) is 1.70. The number of amides is 1. The van der Waals surface area contributed by atoms with E-state index in [1.54, 1.807) is 12.1 Å². The van der Waals surface area contributed by atoms with Gasteiger partial charge in [-0.3, -0.25) is 14.9 Å². The molecule has 1 aliphatic carbocycles. The smallest absolute Gasteiger partial charge is 0.269 e. The van der Waals surface area contributed by atoms with E-state index in [2.05, 4.69) is 23.5 Å². The molecule has 1 amide bonds. The molecule has 1 fully saturated rings. The molecule has 3 atom stereocenters. The van der Waals surface area contributed by atoms with Crippen molar-refractivity contribution in [2.24, 2.45) is 5.92 Å². The number of benzene rings is 2. The van der Waals surface area contributed by atoms with E-state index >= 15 is 0 Å². The second-order valence-electron chi connectivity index (χ2n) is 8.48. The van der Waals surface area contributed by atoms with Crippen LogP contribution in [0, 0.1) is 16.0 Å². The highest BCUT2D eigenvalue weighted by Crippen LogP contribution is 2.50. The van der Waals surface area contributed by atoms with Crippen molar-refractivity contribution in [3.05, 3.63) is 81.4 Å². The molecule has 1 N–H and O–H groups in total. The fraction of sp³-hybridized carbons (Fsp3) is 0.375. The number of carbonyl (C=O) groups is 1. The van der Waals surface area contributed by atoms with Gasteiger partial charge in [0, 0.05) is 42.4 Å². The summed E-state index contributed by atoms with van der Waals surface area (Å²) in [4.78, 5) is 25.6. The Kier molecular flexibility index (Phi) is 4.77. The number of nitro benzene ring substituents is 1. The van der Waals surface area contributed by atoms with E-state index < -0.39 is 0 Å². The van der Waals surface area contributed by atoms with Crippen molar-refractivity contribution in [1.29, 1.82) is 0 Å². The first-order valence-corrected chi connectivity index (χ1v) is 10.7. The average Bonchev–Trinajstić information content (AvgIpc) is 3.29. The molecule has 6 heteroatoms. The summed E-state index contributed by atoms with van der Waals surface area (Å²) in [6.07, 6.45) is 8.78. The van der Waals surface area contributed by atoms with Crippen molar-refractivity contribution in [3.8, 4) is 0 Å². The zero-order valence-electron chi connectivity index (χ0n) is 16.8. The maximum Gasteiger partial charge on any atom is 0.269 e. The molecule has 0 bridgehead atoms. The molecule has 1 saturated heterocycles. The Hall–Kier alpha value is -3.15. The minimum absolute atomic E-state index is 0.0851. The number of nitrogens with one attached hydrogen (secondary N) is 1. The van der Waals surface area contributed by atoms with Crippen LogP contribution in [0.15, 0.2) is 54.6 Å². The second-order valence-corrected chi connectivity index (χ2v) is 8.48. The summed E-state index contributed by atoms with van der Waals surface area (Å²) in [5.41, 5.74) is 4.15. The van der Waals surface area contributed by atoms with Crippen LogP contribution in [0.3, 0.4) is 0 Å². The number of allylic oxidation sites excluding steroid dienone is 2. The lowest BCUT2D eigenvalue weighted by molar-refractivity contribution is -0.384. The van der Waals surface area contributed by atoms with Gasteiger partial charge in [-0.2, -0.15) is 0 Å². The zero-order valence-corrected chi connectivity index (χ0v) is 16.8. The highest BCUT2D eigenvalue weighted by atomic mass is 16.6. The fourth-order valence-electron chi connectivity index (χ4n) is 5.14. The van der Waals surface area contributed by atoms with Crippen LogP contribution in [0.4, 0.5) is 11.4 Å². The van der Waals surface area contributed by atoms with Crippen LogP contribution in [-0.4, -0.2) is 28.8 Å². The second kappa shape index (κ2) is 7.59. The van der Waals surface area contributed by atoms with E-state index in [-0.39, 0.29) is 28.5 Å². The number of rotatable bonds is 3. The van der Waals surface area contributed by atoms with E-state index in [1.165, 1.54) is 12.0 Å². The van der Waals surface area contributed by atoms with Gasteiger partial charge in [-0.25, -0.2) is 0 Å². The van der Waals surface area contributed by atoms with Crippen molar-refractivity contribution in [1.82, 2.24) is 4.90 Å². The highest BCUT2D eigenvalue weighted by Gasteiger charge is 2.38. The summed E-state index contributed by atoms with van der Waals surface area (Å²) in [7, 11) is 0. The molecular weight excluding hydrogens is 378 g/mol. The monoisotopic (exact) mass is 403 g/mol. The van der Waals surface area contributed by atoms with Gasteiger partial charge in [0.05, 0.1) is 11.0 Å². The topological polar surface area (TPSA) is 75.5 Å². The van der Waals surface area contributed by atoms with Crippen LogP contribution < -0.4 is 5.32 Å². The van der Waals surface area contributed by atoms with Crippen molar-refractivity contribution < 1.29 is 9.72 Å².